The Morgan fingerprint density at radius 3 is 1.81 bits per heavy atom. The number of rotatable bonds is 3. The van der Waals surface area contributed by atoms with E-state index in [0.29, 0.717) is 11.3 Å². The van der Waals surface area contributed by atoms with Crippen LogP contribution in [-0.2, 0) is 0 Å². The van der Waals surface area contributed by atoms with Gasteiger partial charge >= 0.3 is 0 Å². The van der Waals surface area contributed by atoms with Gasteiger partial charge in [0.05, 0.1) is 5.69 Å². The van der Waals surface area contributed by atoms with Crippen molar-refractivity contribution < 1.29 is 15.3 Å². The van der Waals surface area contributed by atoms with Gasteiger partial charge in [-0.1, -0.05) is 72.8 Å². The molecule has 7 rings (SSSR count). The molecule has 0 radical (unpaired) electrons. The van der Waals surface area contributed by atoms with E-state index in [1.54, 1.807) is 0 Å². The lowest BCUT2D eigenvalue weighted by Gasteiger charge is -2.30. The summed E-state index contributed by atoms with van der Waals surface area (Å²) in [5.74, 6) is 0.721. The normalized spacial score (nSPS) is 18.6. The van der Waals surface area contributed by atoms with E-state index in [-0.39, 0.29) is 29.3 Å². The van der Waals surface area contributed by atoms with Crippen LogP contribution in [0.15, 0.2) is 84.9 Å². The molecule has 1 aromatic heterocycles. The molecule has 3 aliphatic rings. The van der Waals surface area contributed by atoms with Crippen molar-refractivity contribution in [3.63, 3.8) is 0 Å². The number of benzene rings is 3. The van der Waals surface area contributed by atoms with Gasteiger partial charge in [0.2, 0.25) is 11.8 Å². The van der Waals surface area contributed by atoms with Gasteiger partial charge in [-0.15, -0.1) is 0 Å². The molecule has 158 valence electrons. The minimum absolute atomic E-state index is 0.107. The molecule has 0 spiro atoms. The molecule has 2 atom stereocenters. The molecule has 0 saturated heterocycles. The second-order valence-electron chi connectivity index (χ2n) is 8.60. The fourth-order valence-electron chi connectivity index (χ4n) is 5.30. The predicted octanol–water partition coefficient (Wildman–Crippen LogP) is 6.46. The highest BCUT2D eigenvalue weighted by Gasteiger charge is 2.37. The standard InChI is InChI=1S/C28H23NO3/c30-26-22(17-6-2-1-3-7-17)10-5-11-23(26)20-8-4-9-21(16-20)29-27(31)24-18-12-13-19(15-14-18)25(24)28(29)32/h1-13,16,18-19,30-32H,14-15H2/t18-,19+. The number of aromatic nitrogens is 1. The molecular weight excluding hydrogens is 398 g/mol. The first-order valence-corrected chi connectivity index (χ1v) is 11.0. The van der Waals surface area contributed by atoms with Crippen molar-refractivity contribution in [2.75, 3.05) is 0 Å². The van der Waals surface area contributed by atoms with E-state index >= 15 is 0 Å². The Kier molecular flexibility index (Phi) is 4.15. The molecular formula is C28H23NO3. The molecule has 32 heavy (non-hydrogen) atoms. The molecule has 0 unspecified atom stereocenters. The highest BCUT2D eigenvalue weighted by molar-refractivity contribution is 5.82. The molecule has 0 amide bonds. The van der Waals surface area contributed by atoms with Gasteiger partial charge in [0, 0.05) is 34.1 Å². The van der Waals surface area contributed by atoms with Crippen LogP contribution in [0.5, 0.6) is 17.5 Å². The van der Waals surface area contributed by atoms with Crippen LogP contribution in [-0.4, -0.2) is 19.9 Å². The summed E-state index contributed by atoms with van der Waals surface area (Å²) in [4.78, 5) is 0. The van der Waals surface area contributed by atoms with Crippen LogP contribution in [0.25, 0.3) is 27.9 Å². The average Bonchev–Trinajstić information content (AvgIpc) is 3.13. The van der Waals surface area contributed by atoms with E-state index in [4.69, 9.17) is 0 Å². The van der Waals surface area contributed by atoms with Crippen molar-refractivity contribution in [2.45, 2.75) is 24.7 Å². The van der Waals surface area contributed by atoms with Crippen LogP contribution < -0.4 is 0 Å². The van der Waals surface area contributed by atoms with Crippen LogP contribution in [0.4, 0.5) is 0 Å². The number of phenolic OH excluding ortho intramolecular Hbond substituents is 1. The van der Waals surface area contributed by atoms with Crippen molar-refractivity contribution in [1.82, 2.24) is 4.57 Å². The second kappa shape index (κ2) is 7.06. The van der Waals surface area contributed by atoms with Crippen LogP contribution in [0, 0.1) is 0 Å². The highest BCUT2D eigenvalue weighted by Crippen LogP contribution is 2.54. The lowest BCUT2D eigenvalue weighted by molar-refractivity contribution is 0.399. The summed E-state index contributed by atoms with van der Waals surface area (Å²) in [6.45, 7) is 0. The van der Waals surface area contributed by atoms with E-state index in [2.05, 4.69) is 12.2 Å². The largest absolute Gasteiger partial charge is 0.507 e. The Morgan fingerprint density at radius 1 is 0.625 bits per heavy atom. The quantitative estimate of drug-likeness (QED) is 0.333. The number of para-hydroxylation sites is 1. The van der Waals surface area contributed by atoms with E-state index in [0.717, 1.165) is 40.7 Å². The number of fused-ring (bicyclic) bond motifs is 1. The fraction of sp³-hybridized carbons (Fsp3) is 0.143. The van der Waals surface area contributed by atoms with Crippen LogP contribution in [0.2, 0.25) is 0 Å². The van der Waals surface area contributed by atoms with Crippen molar-refractivity contribution in [1.29, 1.82) is 0 Å². The third-order valence-electron chi connectivity index (χ3n) is 6.84. The van der Waals surface area contributed by atoms with Gasteiger partial charge in [0.1, 0.15) is 5.75 Å². The molecule has 2 bridgehead atoms. The van der Waals surface area contributed by atoms with Crippen molar-refractivity contribution in [3.05, 3.63) is 96.1 Å². The Balaban J connectivity index is 1.47. The lowest BCUT2D eigenvalue weighted by Crippen LogP contribution is -2.15. The number of hydrogen-bond acceptors (Lipinski definition) is 3. The summed E-state index contributed by atoms with van der Waals surface area (Å²) in [6, 6.07) is 23.1. The van der Waals surface area contributed by atoms with Gasteiger partial charge in [-0.05, 0) is 36.1 Å². The highest BCUT2D eigenvalue weighted by atomic mass is 16.3. The molecule has 0 saturated carbocycles. The van der Waals surface area contributed by atoms with Crippen molar-refractivity contribution in [3.8, 4) is 45.5 Å². The molecule has 3 N–H and O–H groups in total. The number of aromatic hydroxyl groups is 3. The Hall–Kier alpha value is -3.92. The maximum atomic E-state index is 11.1. The lowest BCUT2D eigenvalue weighted by atomic mass is 9.73. The molecule has 0 aliphatic heterocycles. The SMILES string of the molecule is Oc1c(-c2ccccc2)cccc1-c1cccc(-n2c(O)c3c(c2O)[C@H]2C=C[C@@H]3CC2)c1. The van der Waals surface area contributed by atoms with Gasteiger partial charge in [0.15, 0.2) is 0 Å². The summed E-state index contributed by atoms with van der Waals surface area (Å²) in [5.41, 5.74) is 5.57. The zero-order valence-electron chi connectivity index (χ0n) is 17.4. The molecule has 4 nitrogen and oxygen atoms in total. The van der Waals surface area contributed by atoms with Gasteiger partial charge < -0.3 is 15.3 Å². The van der Waals surface area contributed by atoms with E-state index in [1.165, 1.54) is 4.57 Å². The number of allylic oxidation sites excluding steroid dienone is 2. The minimum atomic E-state index is 0.107. The topological polar surface area (TPSA) is 65.6 Å². The summed E-state index contributed by atoms with van der Waals surface area (Å²) in [6.07, 6.45) is 6.27. The number of phenols is 1. The van der Waals surface area contributed by atoms with Gasteiger partial charge in [-0.2, -0.15) is 0 Å². The van der Waals surface area contributed by atoms with Crippen molar-refractivity contribution >= 4 is 0 Å². The molecule has 3 aliphatic carbocycles. The third kappa shape index (κ3) is 2.69. The first-order valence-electron chi connectivity index (χ1n) is 11.0. The van der Waals surface area contributed by atoms with Gasteiger partial charge in [-0.25, -0.2) is 0 Å². The molecule has 0 fully saturated rings. The maximum Gasteiger partial charge on any atom is 0.202 e. The first kappa shape index (κ1) is 18.8. The van der Waals surface area contributed by atoms with Gasteiger partial charge in [-0.3, -0.25) is 4.57 Å². The fourth-order valence-corrected chi connectivity index (χ4v) is 5.30. The first-order chi connectivity index (χ1) is 15.6. The zero-order valence-corrected chi connectivity index (χ0v) is 17.4. The number of hydrogen-bond donors (Lipinski definition) is 3. The summed E-state index contributed by atoms with van der Waals surface area (Å²) in [7, 11) is 0. The Bertz CT molecular complexity index is 1330. The molecule has 4 aromatic rings. The molecule has 4 heteroatoms. The Labute approximate surface area is 186 Å². The Morgan fingerprint density at radius 2 is 1.19 bits per heavy atom. The van der Waals surface area contributed by atoms with Crippen LogP contribution in [0.1, 0.15) is 35.8 Å². The monoisotopic (exact) mass is 421 g/mol. The van der Waals surface area contributed by atoms with Crippen molar-refractivity contribution in [2.24, 2.45) is 0 Å². The van der Waals surface area contributed by atoms with E-state index in [1.807, 2.05) is 72.8 Å². The van der Waals surface area contributed by atoms with E-state index in [9.17, 15) is 15.3 Å². The predicted molar refractivity (Wildman–Crippen MR) is 125 cm³/mol. The summed E-state index contributed by atoms with van der Waals surface area (Å²) in [5, 5.41) is 33.2. The minimum Gasteiger partial charge on any atom is -0.507 e. The van der Waals surface area contributed by atoms with Crippen LogP contribution in [0.3, 0.4) is 0 Å². The third-order valence-corrected chi connectivity index (χ3v) is 6.84. The average molecular weight is 421 g/mol. The second-order valence-corrected chi connectivity index (χ2v) is 8.60. The maximum absolute atomic E-state index is 11.1. The van der Waals surface area contributed by atoms with Gasteiger partial charge in [0.25, 0.3) is 0 Å². The summed E-state index contributed by atoms with van der Waals surface area (Å²) < 4.78 is 1.53. The molecule has 3 aromatic carbocycles. The smallest absolute Gasteiger partial charge is 0.202 e. The number of nitrogens with zero attached hydrogens (tertiary/aromatic N) is 1. The zero-order chi connectivity index (χ0) is 21.8. The summed E-state index contributed by atoms with van der Waals surface area (Å²) >= 11 is 0. The van der Waals surface area contributed by atoms with Crippen LogP contribution >= 0.6 is 0 Å². The van der Waals surface area contributed by atoms with E-state index < -0.39 is 0 Å². The molecule has 1 heterocycles.